The molecule has 44 valence electrons. The van der Waals surface area contributed by atoms with E-state index in [9.17, 15) is 0 Å². The number of thioether (sulfide) groups is 1. The Morgan fingerprint density at radius 3 is 2.00 bits per heavy atom. The summed E-state index contributed by atoms with van der Waals surface area (Å²) in [4.78, 5) is -0.0145. The zero-order valence-electron chi connectivity index (χ0n) is 4.99. The van der Waals surface area contributed by atoms with Crippen molar-refractivity contribution < 1.29 is 0 Å². The molecule has 0 fully saturated rings. The molecule has 0 bridgehead atoms. The maximum atomic E-state index is 5.81. The van der Waals surface area contributed by atoms with Crippen LogP contribution in [0.25, 0.3) is 0 Å². The van der Waals surface area contributed by atoms with Crippen LogP contribution in [0.2, 0.25) is 0 Å². The number of alkyl halides is 1. The molecule has 0 nitrogen and oxygen atoms in total. The lowest BCUT2D eigenvalue weighted by Crippen LogP contribution is -2.12. The molecule has 0 N–H and O–H groups in total. The molecule has 0 aliphatic heterocycles. The lowest BCUT2D eigenvalue weighted by atomic mass is 10.3. The van der Waals surface area contributed by atoms with Crippen molar-refractivity contribution >= 4 is 23.4 Å². The minimum absolute atomic E-state index is 0.0145. The Hall–Kier alpha value is 0.640. The first kappa shape index (κ1) is 7.64. The van der Waals surface area contributed by atoms with Crippen LogP contribution in [0, 0.1) is 0 Å². The summed E-state index contributed by atoms with van der Waals surface area (Å²) in [6.07, 6.45) is 2.06. The predicted octanol–water partition coefficient (Wildman–Crippen LogP) is 2.37. The smallest absolute Gasteiger partial charge is 0.0480 e. The van der Waals surface area contributed by atoms with Gasteiger partial charge in [-0.2, -0.15) is 11.8 Å². The second kappa shape index (κ2) is 2.83. The largest absolute Gasteiger partial charge is 0.164 e. The van der Waals surface area contributed by atoms with Crippen LogP contribution < -0.4 is 0 Å². The first-order chi connectivity index (χ1) is 3.06. The van der Waals surface area contributed by atoms with Gasteiger partial charge >= 0.3 is 0 Å². The third kappa shape index (κ3) is 6.64. The Morgan fingerprint density at radius 1 is 1.57 bits per heavy atom. The molecule has 0 atom stereocenters. The molecule has 0 heterocycles. The van der Waals surface area contributed by atoms with E-state index in [-0.39, 0.29) is 4.87 Å². The zero-order valence-corrected chi connectivity index (χ0v) is 6.57. The Morgan fingerprint density at radius 2 is 2.00 bits per heavy atom. The van der Waals surface area contributed by atoms with E-state index in [4.69, 9.17) is 11.6 Å². The molecular formula is C5H11ClS. The summed E-state index contributed by atoms with van der Waals surface area (Å²) in [5.74, 6) is 1.02. The fourth-order valence-corrected chi connectivity index (χ4v) is 1.36. The van der Waals surface area contributed by atoms with Crippen molar-refractivity contribution in [2.75, 3.05) is 12.0 Å². The highest BCUT2D eigenvalue weighted by Crippen LogP contribution is 2.16. The van der Waals surface area contributed by atoms with Crippen molar-refractivity contribution in [1.82, 2.24) is 0 Å². The zero-order chi connectivity index (χ0) is 5.91. The fraction of sp³-hybridized carbons (Fsp3) is 1.00. The minimum Gasteiger partial charge on any atom is -0.164 e. The second-order valence-corrected chi connectivity index (χ2v) is 4.04. The van der Waals surface area contributed by atoms with Gasteiger partial charge in [0, 0.05) is 10.6 Å². The van der Waals surface area contributed by atoms with Gasteiger partial charge in [-0.1, -0.05) is 0 Å². The summed E-state index contributed by atoms with van der Waals surface area (Å²) in [5.41, 5.74) is 0. The molecule has 7 heavy (non-hydrogen) atoms. The van der Waals surface area contributed by atoms with Gasteiger partial charge in [0.2, 0.25) is 0 Å². The maximum Gasteiger partial charge on any atom is 0.0480 e. The van der Waals surface area contributed by atoms with Crippen molar-refractivity contribution in [3.8, 4) is 0 Å². The predicted molar refractivity (Wildman–Crippen MR) is 38.3 cm³/mol. The van der Waals surface area contributed by atoms with Crippen molar-refractivity contribution in [1.29, 1.82) is 0 Å². The number of rotatable bonds is 2. The first-order valence-electron chi connectivity index (χ1n) is 2.24. The van der Waals surface area contributed by atoms with Gasteiger partial charge in [0.1, 0.15) is 0 Å². The lowest BCUT2D eigenvalue weighted by molar-refractivity contribution is 0.802. The molecule has 0 aromatic heterocycles. The van der Waals surface area contributed by atoms with E-state index in [1.807, 2.05) is 13.8 Å². The molecule has 0 aromatic rings. The highest BCUT2D eigenvalue weighted by Gasteiger charge is 2.10. The number of halogens is 1. The molecule has 0 amide bonds. The van der Waals surface area contributed by atoms with Crippen molar-refractivity contribution in [2.24, 2.45) is 0 Å². The molecule has 0 unspecified atom stereocenters. The second-order valence-electron chi connectivity index (χ2n) is 2.15. The van der Waals surface area contributed by atoms with Gasteiger partial charge in [0.15, 0.2) is 0 Å². The van der Waals surface area contributed by atoms with Crippen LogP contribution >= 0.6 is 23.4 Å². The molecule has 0 aliphatic carbocycles. The molecule has 2 heteroatoms. The normalized spacial score (nSPS) is 12.0. The summed E-state index contributed by atoms with van der Waals surface area (Å²) < 4.78 is 0. The molecule has 0 aromatic carbocycles. The van der Waals surface area contributed by atoms with Gasteiger partial charge in [-0.25, -0.2) is 0 Å². The monoisotopic (exact) mass is 138 g/mol. The Kier molecular flexibility index (Phi) is 3.09. The van der Waals surface area contributed by atoms with Crippen LogP contribution in [0.5, 0.6) is 0 Å². The maximum absolute atomic E-state index is 5.81. The van der Waals surface area contributed by atoms with E-state index in [2.05, 4.69) is 6.26 Å². The third-order valence-electron chi connectivity index (χ3n) is 0.488. The van der Waals surface area contributed by atoms with Crippen molar-refractivity contribution in [3.05, 3.63) is 0 Å². The van der Waals surface area contributed by atoms with Gasteiger partial charge in [-0.3, -0.25) is 0 Å². The molecule has 0 rings (SSSR count). The summed E-state index contributed by atoms with van der Waals surface area (Å²) in [5, 5.41) is 0. The number of hydrogen-bond donors (Lipinski definition) is 0. The Bertz CT molecular complexity index is 46.5. The van der Waals surface area contributed by atoms with E-state index in [1.165, 1.54) is 0 Å². The van der Waals surface area contributed by atoms with Gasteiger partial charge in [-0.05, 0) is 20.1 Å². The van der Waals surface area contributed by atoms with Crippen LogP contribution in [0.15, 0.2) is 0 Å². The molecule has 0 aliphatic rings. The van der Waals surface area contributed by atoms with Crippen LogP contribution in [-0.2, 0) is 0 Å². The van der Waals surface area contributed by atoms with Gasteiger partial charge in [-0.15, -0.1) is 11.6 Å². The van der Waals surface area contributed by atoms with Gasteiger partial charge < -0.3 is 0 Å². The number of hydrogen-bond acceptors (Lipinski definition) is 1. The first-order valence-corrected chi connectivity index (χ1v) is 4.01. The van der Waals surface area contributed by atoms with E-state index < -0.39 is 0 Å². The molecule has 0 radical (unpaired) electrons. The summed E-state index contributed by atoms with van der Waals surface area (Å²) in [6, 6.07) is 0. The van der Waals surface area contributed by atoms with Crippen LogP contribution in [0.1, 0.15) is 13.8 Å². The highest BCUT2D eigenvalue weighted by molar-refractivity contribution is 7.98. The van der Waals surface area contributed by atoms with Crippen molar-refractivity contribution in [3.63, 3.8) is 0 Å². The molecule has 0 saturated heterocycles. The Balaban J connectivity index is 3.15. The van der Waals surface area contributed by atoms with Crippen LogP contribution in [0.4, 0.5) is 0 Å². The third-order valence-corrected chi connectivity index (χ3v) is 1.79. The summed E-state index contributed by atoms with van der Waals surface area (Å²) in [7, 11) is 0. The summed E-state index contributed by atoms with van der Waals surface area (Å²) >= 11 is 7.59. The van der Waals surface area contributed by atoms with E-state index in [1.54, 1.807) is 11.8 Å². The highest BCUT2D eigenvalue weighted by atomic mass is 35.5. The topological polar surface area (TPSA) is 0 Å². The SMILES string of the molecule is CSCC(C)(C)Cl. The molecule has 0 spiro atoms. The Labute approximate surface area is 54.6 Å². The minimum atomic E-state index is -0.0145. The van der Waals surface area contributed by atoms with Crippen molar-refractivity contribution in [2.45, 2.75) is 18.7 Å². The van der Waals surface area contributed by atoms with Crippen LogP contribution in [-0.4, -0.2) is 16.9 Å². The van der Waals surface area contributed by atoms with Gasteiger partial charge in [0.25, 0.3) is 0 Å². The fourth-order valence-electron chi connectivity index (χ4n) is 0.343. The molecular weight excluding hydrogens is 128 g/mol. The summed E-state index contributed by atoms with van der Waals surface area (Å²) in [6.45, 7) is 4.04. The average molecular weight is 139 g/mol. The molecule has 0 saturated carbocycles. The van der Waals surface area contributed by atoms with E-state index >= 15 is 0 Å². The quantitative estimate of drug-likeness (QED) is 0.528. The van der Waals surface area contributed by atoms with Gasteiger partial charge in [0.05, 0.1) is 0 Å². The lowest BCUT2D eigenvalue weighted by Gasteiger charge is -2.11. The van der Waals surface area contributed by atoms with E-state index in [0.717, 1.165) is 5.75 Å². The average Bonchev–Trinajstić information content (AvgIpc) is 1.30. The van der Waals surface area contributed by atoms with E-state index in [0.29, 0.717) is 0 Å². The van der Waals surface area contributed by atoms with Crippen LogP contribution in [0.3, 0.4) is 0 Å². The standard InChI is InChI=1S/C5H11ClS/c1-5(2,6)4-7-3/h4H2,1-3H3.